The second-order valence-electron chi connectivity index (χ2n) is 9.23. The highest BCUT2D eigenvalue weighted by Crippen LogP contribution is 2.69. The molecule has 4 aliphatic carbocycles. The Morgan fingerprint density at radius 1 is 1.00 bits per heavy atom. The predicted molar refractivity (Wildman–Crippen MR) is 88.0 cm³/mol. The van der Waals surface area contributed by atoms with Crippen molar-refractivity contribution in [3.8, 4) is 0 Å². The Kier molecular flexibility index (Phi) is 4.13. The van der Waals surface area contributed by atoms with Gasteiger partial charge in [0.15, 0.2) is 5.78 Å². The summed E-state index contributed by atoms with van der Waals surface area (Å²) in [5.74, 6) is -4.83. The molecule has 0 spiro atoms. The van der Waals surface area contributed by atoms with Gasteiger partial charge in [-0.25, -0.2) is 0 Å². The van der Waals surface area contributed by atoms with Crippen molar-refractivity contribution >= 4 is 5.78 Å². The molecule has 6 atom stereocenters. The van der Waals surface area contributed by atoms with Crippen LogP contribution in [0.4, 0.5) is 22.0 Å². The molecule has 0 aliphatic heterocycles. The predicted octanol–water partition coefficient (Wildman–Crippen LogP) is 5.06. The molecule has 0 aromatic rings. The third-order valence-electron chi connectivity index (χ3n) is 8.33. The first-order chi connectivity index (χ1) is 12.4. The zero-order chi connectivity index (χ0) is 19.8. The lowest BCUT2D eigenvalue weighted by atomic mass is 9.50. The molecule has 0 bridgehead atoms. The molecule has 0 aromatic carbocycles. The standard InChI is InChI=1S/C20H25F5O2/c1-17-8-6-14-13-5-3-12(26)10-11(13)2-4-15(14)16(17)7-9-18(17,27)19(21,22)20(23,24)25/h10,13-16,27H,2-9H2,1H3/t13-,14+,15+,16-,17-,18?/m0/s1. The molecule has 0 aromatic heterocycles. The van der Waals surface area contributed by atoms with Crippen molar-refractivity contribution in [2.24, 2.45) is 29.1 Å². The highest BCUT2D eigenvalue weighted by molar-refractivity contribution is 5.91. The van der Waals surface area contributed by atoms with Crippen LogP contribution in [0.5, 0.6) is 0 Å². The van der Waals surface area contributed by atoms with E-state index in [4.69, 9.17) is 0 Å². The van der Waals surface area contributed by atoms with Crippen LogP contribution in [0.1, 0.15) is 58.3 Å². The largest absolute Gasteiger partial charge is 0.456 e. The third-order valence-corrected chi connectivity index (χ3v) is 8.33. The second-order valence-corrected chi connectivity index (χ2v) is 9.23. The first-order valence-electron chi connectivity index (χ1n) is 9.82. The monoisotopic (exact) mass is 392 g/mol. The molecule has 1 unspecified atom stereocenters. The number of alkyl halides is 5. The van der Waals surface area contributed by atoms with Crippen molar-refractivity contribution in [1.82, 2.24) is 0 Å². The minimum absolute atomic E-state index is 0.0390. The number of hydrogen-bond acceptors (Lipinski definition) is 2. The fourth-order valence-corrected chi connectivity index (χ4v) is 6.95. The van der Waals surface area contributed by atoms with Gasteiger partial charge in [0.2, 0.25) is 0 Å². The van der Waals surface area contributed by atoms with Crippen LogP contribution < -0.4 is 0 Å². The van der Waals surface area contributed by atoms with Crippen LogP contribution in [0, 0.1) is 29.1 Å². The van der Waals surface area contributed by atoms with Crippen molar-refractivity contribution < 1.29 is 31.9 Å². The number of allylic oxidation sites excluding steroid dienone is 1. The Morgan fingerprint density at radius 3 is 2.37 bits per heavy atom. The van der Waals surface area contributed by atoms with E-state index >= 15 is 0 Å². The maximum Gasteiger partial charge on any atom is 0.456 e. The summed E-state index contributed by atoms with van der Waals surface area (Å²) in [5, 5.41) is 10.7. The molecule has 7 heteroatoms. The van der Waals surface area contributed by atoms with Gasteiger partial charge in [0.1, 0.15) is 5.60 Å². The van der Waals surface area contributed by atoms with Gasteiger partial charge in [0, 0.05) is 11.8 Å². The Labute approximate surface area is 155 Å². The number of hydrogen-bond donors (Lipinski definition) is 1. The van der Waals surface area contributed by atoms with E-state index in [-0.39, 0.29) is 42.3 Å². The summed E-state index contributed by atoms with van der Waals surface area (Å²) >= 11 is 0. The van der Waals surface area contributed by atoms with Crippen molar-refractivity contribution in [3.05, 3.63) is 11.6 Å². The number of ketones is 1. The minimum atomic E-state index is -5.76. The number of carbonyl (C=O) groups excluding carboxylic acids is 1. The van der Waals surface area contributed by atoms with Crippen LogP contribution in [0.25, 0.3) is 0 Å². The van der Waals surface area contributed by atoms with Gasteiger partial charge in [-0.2, -0.15) is 22.0 Å². The van der Waals surface area contributed by atoms with E-state index in [1.165, 1.54) is 6.92 Å². The molecule has 3 fully saturated rings. The molecule has 3 saturated carbocycles. The maximum atomic E-state index is 14.4. The Morgan fingerprint density at radius 2 is 1.70 bits per heavy atom. The van der Waals surface area contributed by atoms with Gasteiger partial charge < -0.3 is 5.11 Å². The number of carbonyl (C=O) groups is 1. The quantitative estimate of drug-likeness (QED) is 0.634. The number of fused-ring (bicyclic) bond motifs is 5. The van der Waals surface area contributed by atoms with E-state index in [0.717, 1.165) is 12.0 Å². The summed E-state index contributed by atoms with van der Waals surface area (Å²) in [6.07, 6.45) is -1.02. The normalized spacial score (nSPS) is 45.0. The van der Waals surface area contributed by atoms with Gasteiger partial charge in [-0.3, -0.25) is 4.79 Å². The maximum absolute atomic E-state index is 14.4. The fraction of sp³-hybridized carbons (Fsp3) is 0.850. The Balaban J connectivity index is 1.66. The first kappa shape index (κ1) is 19.3. The highest BCUT2D eigenvalue weighted by atomic mass is 19.4. The molecule has 4 rings (SSSR count). The highest BCUT2D eigenvalue weighted by Gasteiger charge is 2.78. The summed E-state index contributed by atoms with van der Waals surface area (Å²) in [4.78, 5) is 11.7. The molecule has 27 heavy (non-hydrogen) atoms. The van der Waals surface area contributed by atoms with E-state index in [1.54, 1.807) is 6.08 Å². The van der Waals surface area contributed by atoms with Gasteiger partial charge in [0.05, 0.1) is 0 Å². The topological polar surface area (TPSA) is 37.3 Å². The van der Waals surface area contributed by atoms with Gasteiger partial charge >= 0.3 is 12.1 Å². The van der Waals surface area contributed by atoms with E-state index in [0.29, 0.717) is 25.7 Å². The van der Waals surface area contributed by atoms with Crippen molar-refractivity contribution in [2.75, 3.05) is 0 Å². The van der Waals surface area contributed by atoms with Crippen LogP contribution in [0.2, 0.25) is 0 Å². The van der Waals surface area contributed by atoms with Gasteiger partial charge in [-0.15, -0.1) is 0 Å². The summed E-state index contributed by atoms with van der Waals surface area (Å²) in [7, 11) is 0. The summed E-state index contributed by atoms with van der Waals surface area (Å²) < 4.78 is 68.0. The van der Waals surface area contributed by atoms with Crippen LogP contribution >= 0.6 is 0 Å². The molecule has 0 radical (unpaired) electrons. The first-order valence-corrected chi connectivity index (χ1v) is 9.82. The molecular formula is C20H25F5O2. The smallest absolute Gasteiger partial charge is 0.383 e. The summed E-state index contributed by atoms with van der Waals surface area (Å²) in [6.45, 7) is 1.44. The van der Waals surface area contributed by atoms with E-state index in [1.807, 2.05) is 0 Å². The molecule has 4 aliphatic rings. The molecular weight excluding hydrogens is 367 g/mol. The lowest BCUT2D eigenvalue weighted by Crippen LogP contribution is -2.65. The Bertz CT molecular complexity index is 684. The number of aliphatic hydroxyl groups is 1. The van der Waals surface area contributed by atoms with Crippen molar-refractivity contribution in [1.29, 1.82) is 0 Å². The Hall–Kier alpha value is -0.980. The fourth-order valence-electron chi connectivity index (χ4n) is 6.95. The molecule has 1 N–H and O–H groups in total. The van der Waals surface area contributed by atoms with Crippen LogP contribution in [-0.4, -0.2) is 28.6 Å². The lowest BCUT2D eigenvalue weighted by Gasteiger charge is -2.56. The molecule has 0 saturated heterocycles. The lowest BCUT2D eigenvalue weighted by molar-refractivity contribution is -0.363. The van der Waals surface area contributed by atoms with E-state index in [2.05, 4.69) is 0 Å². The van der Waals surface area contributed by atoms with E-state index in [9.17, 15) is 31.9 Å². The zero-order valence-corrected chi connectivity index (χ0v) is 15.3. The van der Waals surface area contributed by atoms with Crippen LogP contribution in [0.3, 0.4) is 0 Å². The molecule has 0 heterocycles. The average molecular weight is 392 g/mol. The summed E-state index contributed by atoms with van der Waals surface area (Å²) in [6, 6.07) is 0. The third kappa shape index (κ3) is 2.42. The van der Waals surface area contributed by atoms with Crippen LogP contribution in [-0.2, 0) is 4.79 Å². The minimum Gasteiger partial charge on any atom is -0.383 e. The number of halogens is 5. The van der Waals surface area contributed by atoms with Crippen molar-refractivity contribution in [3.63, 3.8) is 0 Å². The number of rotatable bonds is 1. The van der Waals surface area contributed by atoms with Crippen molar-refractivity contribution in [2.45, 2.75) is 76.0 Å². The zero-order valence-electron chi connectivity index (χ0n) is 15.3. The average Bonchev–Trinajstić information content (AvgIpc) is 2.86. The van der Waals surface area contributed by atoms with Gasteiger partial charge in [0.25, 0.3) is 0 Å². The van der Waals surface area contributed by atoms with Gasteiger partial charge in [-0.05, 0) is 74.7 Å². The molecule has 152 valence electrons. The van der Waals surface area contributed by atoms with Gasteiger partial charge in [-0.1, -0.05) is 12.5 Å². The molecule has 0 amide bonds. The van der Waals surface area contributed by atoms with E-state index < -0.39 is 29.5 Å². The molecule has 2 nitrogen and oxygen atoms in total. The van der Waals surface area contributed by atoms with Crippen LogP contribution in [0.15, 0.2) is 11.6 Å². The summed E-state index contributed by atoms with van der Waals surface area (Å²) in [5.41, 5.74) is -3.37. The SMILES string of the molecule is C[C@]12CC[C@H]3[C@@H](CCC4=CC(=O)CC[C@@H]43)[C@@H]1CCC2(O)C(F)(F)C(F)(F)F. The second kappa shape index (κ2) is 5.77.